The highest BCUT2D eigenvalue weighted by Crippen LogP contribution is 2.19. The first kappa shape index (κ1) is 7.48. The Kier molecular flexibility index (Phi) is 2.63. The first-order valence-electron chi connectivity index (χ1n) is 3.30. The third-order valence-corrected chi connectivity index (χ3v) is 2.26. The number of thiophene rings is 1. The molecule has 1 unspecified atom stereocenters. The van der Waals surface area contributed by atoms with Crippen molar-refractivity contribution in [3.05, 3.63) is 22.4 Å². The van der Waals surface area contributed by atoms with Crippen LogP contribution < -0.4 is 0 Å². The fourth-order valence-corrected chi connectivity index (χ4v) is 1.62. The average Bonchev–Trinajstić information content (AvgIpc) is 2.38. The Morgan fingerprint density at radius 1 is 1.80 bits per heavy atom. The minimum Gasteiger partial charge on any atom is -0.303 e. The highest BCUT2D eigenvalue weighted by Gasteiger charge is 2.03. The number of carbonyl (C=O) groups is 1. The van der Waals surface area contributed by atoms with E-state index in [1.54, 1.807) is 11.3 Å². The Hall–Kier alpha value is -0.630. The summed E-state index contributed by atoms with van der Waals surface area (Å²) >= 11 is 1.68. The molecule has 1 aromatic heterocycles. The summed E-state index contributed by atoms with van der Waals surface area (Å²) in [5.74, 6) is 0.392. The van der Waals surface area contributed by atoms with E-state index in [0.717, 1.165) is 6.29 Å². The van der Waals surface area contributed by atoms with Gasteiger partial charge in [0.2, 0.25) is 0 Å². The Morgan fingerprint density at radius 2 is 2.60 bits per heavy atom. The molecule has 0 aliphatic rings. The van der Waals surface area contributed by atoms with Crippen LogP contribution in [0.2, 0.25) is 0 Å². The predicted octanol–water partition coefficient (Wildman–Crippen LogP) is 2.44. The normalized spacial score (nSPS) is 12.9. The van der Waals surface area contributed by atoms with Gasteiger partial charge in [0.1, 0.15) is 6.29 Å². The molecule has 1 aromatic rings. The second-order valence-electron chi connectivity index (χ2n) is 2.36. The van der Waals surface area contributed by atoms with E-state index in [1.807, 2.05) is 5.38 Å². The quantitative estimate of drug-likeness (QED) is 0.611. The molecule has 0 radical (unpaired) electrons. The largest absolute Gasteiger partial charge is 0.303 e. The van der Waals surface area contributed by atoms with Crippen LogP contribution in [0.4, 0.5) is 0 Å². The predicted molar refractivity (Wildman–Crippen MR) is 43.4 cm³/mol. The molecule has 0 aliphatic heterocycles. The van der Waals surface area contributed by atoms with E-state index in [0.29, 0.717) is 12.3 Å². The first-order chi connectivity index (χ1) is 4.84. The lowest BCUT2D eigenvalue weighted by Crippen LogP contribution is -1.90. The van der Waals surface area contributed by atoms with Gasteiger partial charge in [-0.1, -0.05) is 6.92 Å². The van der Waals surface area contributed by atoms with E-state index < -0.39 is 0 Å². The number of hydrogen-bond acceptors (Lipinski definition) is 2. The highest BCUT2D eigenvalue weighted by atomic mass is 32.1. The van der Waals surface area contributed by atoms with E-state index >= 15 is 0 Å². The zero-order valence-corrected chi connectivity index (χ0v) is 6.73. The van der Waals surface area contributed by atoms with Gasteiger partial charge in [0.25, 0.3) is 0 Å². The summed E-state index contributed by atoms with van der Waals surface area (Å²) in [6.45, 7) is 2.07. The number of hydrogen-bond donors (Lipinski definition) is 0. The van der Waals surface area contributed by atoms with Crippen LogP contribution in [0.5, 0.6) is 0 Å². The average molecular weight is 154 g/mol. The van der Waals surface area contributed by atoms with Crippen LogP contribution in [0.25, 0.3) is 0 Å². The summed E-state index contributed by atoms with van der Waals surface area (Å²) in [4.78, 5) is 10.1. The molecule has 0 spiro atoms. The van der Waals surface area contributed by atoms with Gasteiger partial charge in [0, 0.05) is 6.42 Å². The van der Waals surface area contributed by atoms with E-state index in [1.165, 1.54) is 5.56 Å². The lowest BCUT2D eigenvalue weighted by atomic mass is 10.0. The smallest absolute Gasteiger partial charge is 0.120 e. The summed E-state index contributed by atoms with van der Waals surface area (Å²) in [6.07, 6.45) is 1.61. The Balaban J connectivity index is 2.58. The van der Waals surface area contributed by atoms with Crippen LogP contribution in [-0.2, 0) is 4.79 Å². The van der Waals surface area contributed by atoms with Crippen molar-refractivity contribution < 1.29 is 4.79 Å². The molecule has 1 rings (SSSR count). The fourth-order valence-electron chi connectivity index (χ4n) is 0.836. The summed E-state index contributed by atoms with van der Waals surface area (Å²) < 4.78 is 0. The summed E-state index contributed by atoms with van der Waals surface area (Å²) in [7, 11) is 0. The molecule has 0 amide bonds. The fraction of sp³-hybridized carbons (Fsp3) is 0.375. The van der Waals surface area contributed by atoms with Crippen molar-refractivity contribution in [1.29, 1.82) is 0 Å². The monoisotopic (exact) mass is 154 g/mol. The van der Waals surface area contributed by atoms with Gasteiger partial charge in [-0.05, 0) is 28.3 Å². The van der Waals surface area contributed by atoms with Crippen LogP contribution in [0, 0.1) is 0 Å². The van der Waals surface area contributed by atoms with Crippen LogP contribution in [0.3, 0.4) is 0 Å². The molecule has 54 valence electrons. The maximum absolute atomic E-state index is 10.1. The molecule has 1 atom stereocenters. The maximum atomic E-state index is 10.1. The van der Waals surface area contributed by atoms with Gasteiger partial charge in [0.05, 0.1) is 0 Å². The number of carbonyl (C=O) groups excluding carboxylic acids is 1. The summed E-state index contributed by atoms with van der Waals surface area (Å²) in [6, 6.07) is 2.07. The Labute approximate surface area is 64.7 Å². The van der Waals surface area contributed by atoms with Gasteiger partial charge in [-0.3, -0.25) is 0 Å². The van der Waals surface area contributed by atoms with Crippen molar-refractivity contribution in [3.8, 4) is 0 Å². The van der Waals surface area contributed by atoms with Crippen molar-refractivity contribution in [3.63, 3.8) is 0 Å². The van der Waals surface area contributed by atoms with E-state index in [-0.39, 0.29) is 0 Å². The number of aldehydes is 1. The Morgan fingerprint density at radius 3 is 3.10 bits per heavy atom. The standard InChI is InChI=1S/C8H10OS/c1-7(2-4-9)8-3-5-10-6-8/h3-7H,2H2,1H3. The van der Waals surface area contributed by atoms with Gasteiger partial charge in [-0.2, -0.15) is 11.3 Å². The van der Waals surface area contributed by atoms with Crippen molar-refractivity contribution in [2.45, 2.75) is 19.3 Å². The van der Waals surface area contributed by atoms with Gasteiger partial charge < -0.3 is 4.79 Å². The molecule has 1 heterocycles. The van der Waals surface area contributed by atoms with Crippen LogP contribution >= 0.6 is 11.3 Å². The SMILES string of the molecule is CC(CC=O)c1ccsc1. The molecule has 0 bridgehead atoms. The zero-order chi connectivity index (χ0) is 7.40. The summed E-state index contributed by atoms with van der Waals surface area (Å²) in [5, 5.41) is 4.13. The minimum atomic E-state index is 0.392. The van der Waals surface area contributed by atoms with Crippen LogP contribution in [0.15, 0.2) is 16.8 Å². The van der Waals surface area contributed by atoms with E-state index in [9.17, 15) is 4.79 Å². The Bertz CT molecular complexity index is 191. The van der Waals surface area contributed by atoms with Gasteiger partial charge in [0.15, 0.2) is 0 Å². The van der Waals surface area contributed by atoms with Gasteiger partial charge in [-0.25, -0.2) is 0 Å². The lowest BCUT2D eigenvalue weighted by Gasteiger charge is -2.02. The van der Waals surface area contributed by atoms with Crippen molar-refractivity contribution in [2.75, 3.05) is 0 Å². The van der Waals surface area contributed by atoms with Gasteiger partial charge >= 0.3 is 0 Å². The molecule has 1 nitrogen and oxygen atoms in total. The lowest BCUT2D eigenvalue weighted by molar-refractivity contribution is -0.108. The zero-order valence-electron chi connectivity index (χ0n) is 5.91. The molecule has 2 heteroatoms. The third kappa shape index (κ3) is 1.67. The second-order valence-corrected chi connectivity index (χ2v) is 3.14. The molecule has 0 aliphatic carbocycles. The molecule has 10 heavy (non-hydrogen) atoms. The molecule has 0 N–H and O–H groups in total. The van der Waals surface area contributed by atoms with Gasteiger partial charge in [-0.15, -0.1) is 0 Å². The third-order valence-electron chi connectivity index (χ3n) is 1.56. The number of rotatable bonds is 3. The highest BCUT2D eigenvalue weighted by molar-refractivity contribution is 7.07. The molecule has 0 fully saturated rings. The molecular weight excluding hydrogens is 144 g/mol. The minimum absolute atomic E-state index is 0.392. The van der Waals surface area contributed by atoms with Crippen molar-refractivity contribution >= 4 is 17.6 Å². The molecule has 0 saturated heterocycles. The van der Waals surface area contributed by atoms with Crippen LogP contribution in [-0.4, -0.2) is 6.29 Å². The molecular formula is C8H10OS. The van der Waals surface area contributed by atoms with E-state index in [2.05, 4.69) is 18.4 Å². The van der Waals surface area contributed by atoms with Crippen LogP contribution in [0.1, 0.15) is 24.8 Å². The van der Waals surface area contributed by atoms with Crippen molar-refractivity contribution in [2.24, 2.45) is 0 Å². The molecule has 0 saturated carbocycles. The second kappa shape index (κ2) is 3.52. The van der Waals surface area contributed by atoms with Crippen molar-refractivity contribution in [1.82, 2.24) is 0 Å². The molecule has 0 aromatic carbocycles. The summed E-state index contributed by atoms with van der Waals surface area (Å²) in [5.41, 5.74) is 1.28. The maximum Gasteiger partial charge on any atom is 0.120 e. The van der Waals surface area contributed by atoms with E-state index in [4.69, 9.17) is 0 Å². The first-order valence-corrected chi connectivity index (χ1v) is 4.24. The topological polar surface area (TPSA) is 17.1 Å².